The van der Waals surface area contributed by atoms with E-state index in [1.807, 2.05) is 18.2 Å². The molecule has 0 aliphatic carbocycles. The van der Waals surface area contributed by atoms with Gasteiger partial charge in [0.25, 0.3) is 0 Å². The highest BCUT2D eigenvalue weighted by Crippen LogP contribution is 2.06. The van der Waals surface area contributed by atoms with E-state index < -0.39 is 0 Å². The summed E-state index contributed by atoms with van der Waals surface area (Å²) in [6.45, 7) is 0. The van der Waals surface area contributed by atoms with Gasteiger partial charge in [0.15, 0.2) is 0 Å². The second-order valence-corrected chi connectivity index (χ2v) is 2.61. The van der Waals surface area contributed by atoms with Gasteiger partial charge in [-0.1, -0.05) is 35.5 Å². The third-order valence-corrected chi connectivity index (χ3v) is 1.67. The number of rotatable bonds is 2. The van der Waals surface area contributed by atoms with Crippen molar-refractivity contribution in [3.05, 3.63) is 53.9 Å². The van der Waals surface area contributed by atoms with Gasteiger partial charge in [0.05, 0.1) is 0 Å². The van der Waals surface area contributed by atoms with Gasteiger partial charge in [-0.05, 0) is 5.56 Å². The topological polar surface area (TPSA) is 26.0 Å². The van der Waals surface area contributed by atoms with Crippen molar-refractivity contribution in [1.29, 1.82) is 0 Å². The van der Waals surface area contributed by atoms with Crippen molar-refractivity contribution in [2.45, 2.75) is 6.42 Å². The monoisotopic (exact) mass is 158 g/mol. The molecule has 0 aliphatic heterocycles. The SMILES string of the molecule is [c]1nocc1Cc1ccccc1. The first-order chi connectivity index (χ1) is 5.95. The van der Waals surface area contributed by atoms with Crippen LogP contribution in [0.15, 0.2) is 41.1 Å². The van der Waals surface area contributed by atoms with Crippen LogP contribution in [-0.2, 0) is 6.42 Å². The lowest BCUT2D eigenvalue weighted by Crippen LogP contribution is -1.83. The molecule has 0 N–H and O–H groups in total. The highest BCUT2D eigenvalue weighted by Gasteiger charge is 1.97. The first-order valence-electron chi connectivity index (χ1n) is 3.80. The van der Waals surface area contributed by atoms with Crippen LogP contribution < -0.4 is 0 Å². The van der Waals surface area contributed by atoms with Gasteiger partial charge in [0.2, 0.25) is 0 Å². The lowest BCUT2D eigenvalue weighted by atomic mass is 10.1. The first-order valence-corrected chi connectivity index (χ1v) is 3.80. The van der Waals surface area contributed by atoms with Crippen LogP contribution in [-0.4, -0.2) is 5.16 Å². The van der Waals surface area contributed by atoms with Crippen molar-refractivity contribution in [2.75, 3.05) is 0 Å². The molecule has 0 aliphatic rings. The van der Waals surface area contributed by atoms with Gasteiger partial charge in [-0.2, -0.15) is 0 Å². The molecule has 0 bridgehead atoms. The predicted molar refractivity (Wildman–Crippen MR) is 44.6 cm³/mol. The minimum absolute atomic E-state index is 0.838. The Labute approximate surface area is 70.8 Å². The number of benzene rings is 1. The summed E-state index contributed by atoms with van der Waals surface area (Å²) in [5.74, 6) is 0. The Morgan fingerprint density at radius 2 is 2.08 bits per heavy atom. The molecule has 1 heterocycles. The largest absolute Gasteiger partial charge is 0.364 e. The molecule has 2 rings (SSSR count). The summed E-state index contributed by atoms with van der Waals surface area (Å²) in [5.41, 5.74) is 2.23. The van der Waals surface area contributed by atoms with Crippen LogP contribution >= 0.6 is 0 Å². The van der Waals surface area contributed by atoms with E-state index >= 15 is 0 Å². The van der Waals surface area contributed by atoms with E-state index in [1.165, 1.54) is 5.56 Å². The molecule has 12 heavy (non-hydrogen) atoms. The molecule has 0 spiro atoms. The van der Waals surface area contributed by atoms with Gasteiger partial charge in [-0.15, -0.1) is 0 Å². The van der Waals surface area contributed by atoms with Crippen molar-refractivity contribution >= 4 is 0 Å². The molecule has 0 saturated carbocycles. The molecule has 1 aromatic carbocycles. The molecule has 1 radical (unpaired) electrons. The van der Waals surface area contributed by atoms with Crippen molar-refractivity contribution in [3.63, 3.8) is 0 Å². The fraction of sp³-hybridized carbons (Fsp3) is 0.100. The second-order valence-electron chi connectivity index (χ2n) is 2.61. The standard InChI is InChI=1S/C10H8NO/c1-2-4-9(5-3-1)6-10-7-11-12-8-10/h1-5,8H,6H2. The summed E-state index contributed by atoms with van der Waals surface area (Å²) in [6.07, 6.45) is 5.22. The van der Waals surface area contributed by atoms with E-state index in [-0.39, 0.29) is 0 Å². The van der Waals surface area contributed by atoms with E-state index in [0.717, 1.165) is 12.0 Å². The first kappa shape index (κ1) is 7.10. The summed E-state index contributed by atoms with van der Waals surface area (Å²) in [5, 5.41) is 3.52. The van der Waals surface area contributed by atoms with E-state index in [2.05, 4.69) is 28.0 Å². The molecular weight excluding hydrogens is 150 g/mol. The van der Waals surface area contributed by atoms with Gasteiger partial charge in [-0.3, -0.25) is 0 Å². The highest BCUT2D eigenvalue weighted by atomic mass is 16.5. The Balaban J connectivity index is 2.15. The van der Waals surface area contributed by atoms with E-state index in [9.17, 15) is 0 Å². The average molecular weight is 158 g/mol. The number of hydrogen-bond donors (Lipinski definition) is 0. The second kappa shape index (κ2) is 3.22. The van der Waals surface area contributed by atoms with Gasteiger partial charge >= 0.3 is 0 Å². The maximum atomic E-state index is 4.68. The van der Waals surface area contributed by atoms with Gasteiger partial charge in [0.1, 0.15) is 12.5 Å². The zero-order valence-electron chi connectivity index (χ0n) is 6.53. The van der Waals surface area contributed by atoms with E-state index in [0.29, 0.717) is 0 Å². The zero-order chi connectivity index (χ0) is 8.23. The quantitative estimate of drug-likeness (QED) is 0.668. The summed E-state index contributed by atoms with van der Waals surface area (Å²) in [6, 6.07) is 10.2. The highest BCUT2D eigenvalue weighted by molar-refractivity contribution is 5.21. The number of nitrogens with zero attached hydrogens (tertiary/aromatic N) is 1. The molecule has 2 nitrogen and oxygen atoms in total. The molecule has 1 aromatic heterocycles. The van der Waals surface area contributed by atoms with Gasteiger partial charge < -0.3 is 4.52 Å². The third-order valence-electron chi connectivity index (χ3n) is 1.67. The van der Waals surface area contributed by atoms with E-state index in [4.69, 9.17) is 0 Å². The molecule has 0 unspecified atom stereocenters. The van der Waals surface area contributed by atoms with Crippen LogP contribution in [0, 0.1) is 6.20 Å². The molecule has 0 amide bonds. The van der Waals surface area contributed by atoms with Crippen molar-refractivity contribution in [2.24, 2.45) is 0 Å². The lowest BCUT2D eigenvalue weighted by molar-refractivity contribution is 0.417. The molecule has 0 fully saturated rings. The predicted octanol–water partition coefficient (Wildman–Crippen LogP) is 2.07. The van der Waals surface area contributed by atoms with Crippen LogP contribution in [0.2, 0.25) is 0 Å². The van der Waals surface area contributed by atoms with E-state index in [1.54, 1.807) is 6.26 Å². The normalized spacial score (nSPS) is 10.0. The summed E-state index contributed by atoms with van der Waals surface area (Å²) in [4.78, 5) is 0. The van der Waals surface area contributed by atoms with Crippen molar-refractivity contribution in [3.8, 4) is 0 Å². The Morgan fingerprint density at radius 3 is 2.75 bits per heavy atom. The fourth-order valence-electron chi connectivity index (χ4n) is 1.10. The maximum absolute atomic E-state index is 4.68. The third kappa shape index (κ3) is 1.53. The number of aromatic nitrogens is 1. The molecule has 59 valence electrons. The number of hydrogen-bond acceptors (Lipinski definition) is 2. The lowest BCUT2D eigenvalue weighted by Gasteiger charge is -1.94. The smallest absolute Gasteiger partial charge is 0.139 e. The molecule has 2 aromatic rings. The minimum atomic E-state index is 0.838. The van der Waals surface area contributed by atoms with Crippen molar-refractivity contribution in [1.82, 2.24) is 5.16 Å². The minimum Gasteiger partial charge on any atom is -0.364 e. The maximum Gasteiger partial charge on any atom is 0.139 e. The molecule has 0 saturated heterocycles. The zero-order valence-corrected chi connectivity index (χ0v) is 6.53. The fourth-order valence-corrected chi connectivity index (χ4v) is 1.10. The van der Waals surface area contributed by atoms with Crippen LogP contribution in [0.1, 0.15) is 11.1 Å². The van der Waals surface area contributed by atoms with Crippen LogP contribution in [0.25, 0.3) is 0 Å². The average Bonchev–Trinajstić information content (AvgIpc) is 2.59. The van der Waals surface area contributed by atoms with Gasteiger partial charge in [0, 0.05) is 12.0 Å². The van der Waals surface area contributed by atoms with Crippen LogP contribution in [0.5, 0.6) is 0 Å². The van der Waals surface area contributed by atoms with Crippen molar-refractivity contribution < 1.29 is 4.52 Å². The van der Waals surface area contributed by atoms with Crippen LogP contribution in [0.3, 0.4) is 0 Å². The Bertz CT molecular complexity index is 326. The Kier molecular flexibility index (Phi) is 1.90. The summed E-state index contributed by atoms with van der Waals surface area (Å²) < 4.78 is 4.68. The molecule has 2 heteroatoms. The summed E-state index contributed by atoms with van der Waals surface area (Å²) >= 11 is 0. The Morgan fingerprint density at radius 1 is 1.25 bits per heavy atom. The van der Waals surface area contributed by atoms with Gasteiger partial charge in [-0.25, -0.2) is 0 Å². The summed E-state index contributed by atoms with van der Waals surface area (Å²) in [7, 11) is 0. The Hall–Kier alpha value is -1.57. The molecule has 0 atom stereocenters. The van der Waals surface area contributed by atoms with Crippen LogP contribution in [0.4, 0.5) is 0 Å². The molecular formula is C10H8NO.